The number of nitrogens with zero attached hydrogens (tertiary/aromatic N) is 3. The zero-order chi connectivity index (χ0) is 26.9. The zero-order valence-electron chi connectivity index (χ0n) is 21.9. The Balaban J connectivity index is 1.33. The molecule has 1 aliphatic carbocycles. The summed E-state index contributed by atoms with van der Waals surface area (Å²) < 4.78 is 7.51. The van der Waals surface area contributed by atoms with Gasteiger partial charge in [-0.25, -0.2) is 4.79 Å². The number of nitrogens with one attached hydrogen (secondary N) is 1. The summed E-state index contributed by atoms with van der Waals surface area (Å²) in [6.07, 6.45) is 5.84. The summed E-state index contributed by atoms with van der Waals surface area (Å²) in [5.74, 6) is 0.626. The summed E-state index contributed by atoms with van der Waals surface area (Å²) in [7, 11) is 1.64. The molecule has 7 nitrogen and oxygen atoms in total. The van der Waals surface area contributed by atoms with Gasteiger partial charge in [-0.3, -0.25) is 9.69 Å². The fourth-order valence-corrected chi connectivity index (χ4v) is 5.62. The van der Waals surface area contributed by atoms with Crippen molar-refractivity contribution in [3.63, 3.8) is 0 Å². The fourth-order valence-electron chi connectivity index (χ4n) is 5.21. The van der Waals surface area contributed by atoms with E-state index >= 15 is 0 Å². The lowest BCUT2D eigenvalue weighted by Crippen LogP contribution is -2.48. The normalized spacial score (nSPS) is 15.7. The molecule has 8 heteroatoms. The third-order valence-corrected chi connectivity index (χ3v) is 8.06. The highest BCUT2D eigenvalue weighted by atomic mass is 32.2. The van der Waals surface area contributed by atoms with Gasteiger partial charge in [-0.05, 0) is 85.3 Å². The zero-order valence-corrected chi connectivity index (χ0v) is 22.7. The molecule has 1 N–H and O–H groups in total. The molecule has 1 atom stereocenters. The van der Waals surface area contributed by atoms with Crippen molar-refractivity contribution in [2.75, 3.05) is 30.1 Å². The summed E-state index contributed by atoms with van der Waals surface area (Å²) in [5, 5.41) is 3.00. The number of hydrogen-bond donors (Lipinski definition) is 1. The van der Waals surface area contributed by atoms with Crippen LogP contribution < -0.4 is 15.0 Å². The average Bonchev–Trinajstić information content (AvgIpc) is 3.70. The maximum Gasteiger partial charge on any atom is 0.322 e. The Labute approximate surface area is 232 Å². The lowest BCUT2D eigenvalue weighted by molar-refractivity contribution is -0.119. The number of benzene rings is 3. The Bertz CT molecular complexity index is 1500. The molecule has 2 aliphatic rings. The second-order valence-corrected chi connectivity index (χ2v) is 10.6. The van der Waals surface area contributed by atoms with Crippen molar-refractivity contribution in [3.8, 4) is 11.4 Å². The number of carbonyl (C=O) groups is 2. The van der Waals surface area contributed by atoms with Crippen LogP contribution in [0.4, 0.5) is 16.2 Å². The van der Waals surface area contributed by atoms with Crippen LogP contribution in [0, 0.1) is 0 Å². The number of thioether (sulfide) groups is 1. The Morgan fingerprint density at radius 2 is 1.67 bits per heavy atom. The number of methoxy groups -OCH3 is 1. The second-order valence-electron chi connectivity index (χ2n) is 9.75. The first-order chi connectivity index (χ1) is 19.1. The summed E-state index contributed by atoms with van der Waals surface area (Å²) in [5.41, 5.74) is 4.43. The Morgan fingerprint density at radius 1 is 0.949 bits per heavy atom. The number of urea groups is 1. The molecule has 6 rings (SSSR count). The predicted molar refractivity (Wildman–Crippen MR) is 155 cm³/mol. The van der Waals surface area contributed by atoms with Gasteiger partial charge in [0.15, 0.2) is 0 Å². The molecule has 1 aliphatic heterocycles. The number of para-hydroxylation sites is 2. The summed E-state index contributed by atoms with van der Waals surface area (Å²) in [4.78, 5) is 32.3. The van der Waals surface area contributed by atoms with Crippen molar-refractivity contribution in [1.29, 1.82) is 0 Å². The second kappa shape index (κ2) is 10.5. The maximum atomic E-state index is 14.2. The van der Waals surface area contributed by atoms with E-state index in [-0.39, 0.29) is 30.6 Å². The van der Waals surface area contributed by atoms with Crippen molar-refractivity contribution in [2.45, 2.75) is 29.8 Å². The van der Waals surface area contributed by atoms with Gasteiger partial charge in [-0.2, -0.15) is 0 Å². The molecule has 4 aromatic rings. The van der Waals surface area contributed by atoms with Crippen LogP contribution in [0.15, 0.2) is 96.0 Å². The molecule has 3 aromatic carbocycles. The molecule has 0 radical (unpaired) electrons. The number of carbonyl (C=O) groups excluding carboxylic acids is 2. The maximum absolute atomic E-state index is 14.2. The van der Waals surface area contributed by atoms with Crippen LogP contribution in [0.25, 0.3) is 5.69 Å². The Hall–Kier alpha value is -4.17. The van der Waals surface area contributed by atoms with Crippen LogP contribution >= 0.6 is 11.8 Å². The minimum Gasteiger partial charge on any atom is -0.497 e. The number of amides is 3. The van der Waals surface area contributed by atoms with E-state index in [1.54, 1.807) is 23.8 Å². The van der Waals surface area contributed by atoms with Crippen molar-refractivity contribution in [3.05, 3.63) is 102 Å². The van der Waals surface area contributed by atoms with Gasteiger partial charge < -0.3 is 19.5 Å². The predicted octanol–water partition coefficient (Wildman–Crippen LogP) is 6.34. The van der Waals surface area contributed by atoms with E-state index < -0.39 is 0 Å². The summed E-state index contributed by atoms with van der Waals surface area (Å²) in [6, 6.07) is 27.0. The molecule has 198 valence electrons. The highest BCUT2D eigenvalue weighted by Crippen LogP contribution is 2.43. The van der Waals surface area contributed by atoms with Crippen molar-refractivity contribution in [1.82, 2.24) is 9.47 Å². The quantitative estimate of drug-likeness (QED) is 0.279. The molecular weight excluding hydrogens is 508 g/mol. The van der Waals surface area contributed by atoms with Crippen LogP contribution in [0.2, 0.25) is 0 Å². The first kappa shape index (κ1) is 25.1. The van der Waals surface area contributed by atoms with E-state index in [4.69, 9.17) is 4.74 Å². The molecule has 0 spiro atoms. The van der Waals surface area contributed by atoms with E-state index in [0.717, 1.165) is 46.1 Å². The molecule has 1 unspecified atom stereocenters. The van der Waals surface area contributed by atoms with Gasteiger partial charge in [0.25, 0.3) is 0 Å². The topological polar surface area (TPSA) is 66.8 Å². The standard InChI is InChI=1S/C31H30N4O3S/c1-38-24-15-9-21(10-16-24)30-28-8-5-19-33(28)26-6-3-4-7-27(26)35(30)29(36)20-34(23-13-14-23)31(37)32-22-11-17-25(39-2)18-12-22/h3-12,15-19,23,30H,13-14,20H2,1-2H3,(H,32,37). The SMILES string of the molecule is COc1ccc(C2c3cccn3-c3ccccc3N2C(=O)CN(C(=O)Nc2ccc(SC)cc2)C2CC2)cc1. The highest BCUT2D eigenvalue weighted by Gasteiger charge is 2.40. The van der Waals surface area contributed by atoms with Crippen LogP contribution in [0.3, 0.4) is 0 Å². The summed E-state index contributed by atoms with van der Waals surface area (Å²) >= 11 is 1.65. The first-order valence-corrected chi connectivity index (χ1v) is 14.2. The first-order valence-electron chi connectivity index (χ1n) is 13.0. The van der Waals surface area contributed by atoms with E-state index in [2.05, 4.69) is 16.0 Å². The van der Waals surface area contributed by atoms with E-state index in [1.165, 1.54) is 0 Å². The number of fused-ring (bicyclic) bond motifs is 3. The number of anilines is 2. The van der Waals surface area contributed by atoms with Crippen molar-refractivity contribution < 1.29 is 14.3 Å². The monoisotopic (exact) mass is 538 g/mol. The molecule has 1 aromatic heterocycles. The molecule has 2 heterocycles. The van der Waals surface area contributed by atoms with Gasteiger partial charge >= 0.3 is 6.03 Å². The van der Waals surface area contributed by atoms with Crippen LogP contribution in [-0.2, 0) is 4.79 Å². The van der Waals surface area contributed by atoms with E-state index in [1.807, 2.05) is 96.2 Å². The third-order valence-electron chi connectivity index (χ3n) is 7.32. The molecule has 39 heavy (non-hydrogen) atoms. The molecule has 1 saturated carbocycles. The van der Waals surface area contributed by atoms with Crippen LogP contribution in [0.5, 0.6) is 5.75 Å². The van der Waals surface area contributed by atoms with Gasteiger partial charge in [0.1, 0.15) is 18.3 Å². The minimum atomic E-state index is -0.350. The smallest absolute Gasteiger partial charge is 0.322 e. The number of hydrogen-bond acceptors (Lipinski definition) is 4. The van der Waals surface area contributed by atoms with Crippen LogP contribution in [-0.4, -0.2) is 47.4 Å². The minimum absolute atomic E-state index is 0.0128. The lowest BCUT2D eigenvalue weighted by Gasteiger charge is -2.39. The highest BCUT2D eigenvalue weighted by molar-refractivity contribution is 7.98. The molecule has 0 bridgehead atoms. The summed E-state index contributed by atoms with van der Waals surface area (Å²) in [6.45, 7) is -0.0128. The van der Waals surface area contributed by atoms with Crippen molar-refractivity contribution in [2.24, 2.45) is 0 Å². The fraction of sp³-hybridized carbons (Fsp3) is 0.226. The molecule has 3 amide bonds. The van der Waals surface area contributed by atoms with Gasteiger partial charge in [-0.15, -0.1) is 11.8 Å². The largest absolute Gasteiger partial charge is 0.497 e. The van der Waals surface area contributed by atoms with Gasteiger partial charge in [0, 0.05) is 22.8 Å². The van der Waals surface area contributed by atoms with E-state index in [9.17, 15) is 9.59 Å². The van der Waals surface area contributed by atoms with Gasteiger partial charge in [0.05, 0.1) is 24.2 Å². The van der Waals surface area contributed by atoms with Crippen molar-refractivity contribution >= 4 is 35.1 Å². The van der Waals surface area contributed by atoms with Crippen LogP contribution in [0.1, 0.15) is 30.1 Å². The number of ether oxygens (including phenoxy) is 1. The third kappa shape index (κ3) is 4.88. The molecular formula is C31H30N4O3S. The lowest BCUT2D eigenvalue weighted by atomic mass is 9.97. The van der Waals surface area contributed by atoms with Gasteiger partial charge in [0.2, 0.25) is 5.91 Å². The average molecular weight is 539 g/mol. The number of rotatable bonds is 7. The Kier molecular flexibility index (Phi) is 6.79. The molecule has 0 saturated heterocycles. The molecule has 1 fully saturated rings. The van der Waals surface area contributed by atoms with E-state index in [0.29, 0.717) is 5.69 Å². The number of aromatic nitrogens is 1. The Morgan fingerprint density at radius 3 is 2.33 bits per heavy atom. The van der Waals surface area contributed by atoms with Gasteiger partial charge in [-0.1, -0.05) is 24.3 Å².